The van der Waals surface area contributed by atoms with Crippen LogP contribution in [0.25, 0.3) is 6.08 Å². The number of aliphatic hydroxyl groups excluding tert-OH is 1. The first-order valence-electron chi connectivity index (χ1n) is 16.8. The molecule has 1 aliphatic carbocycles. The fourth-order valence-corrected chi connectivity index (χ4v) is 7.37. The van der Waals surface area contributed by atoms with Gasteiger partial charge in [0.25, 0.3) is 0 Å². The lowest BCUT2D eigenvalue weighted by molar-refractivity contribution is -0.224. The molecule has 1 amide bonds. The van der Waals surface area contributed by atoms with E-state index in [0.717, 1.165) is 44.6 Å². The Bertz CT molecular complexity index is 1330. The van der Waals surface area contributed by atoms with Gasteiger partial charge in [-0.2, -0.15) is 18.2 Å². The molecule has 0 aromatic heterocycles. The standard InChI is InChI=1S/C34H45F3N2O9/c1-3-5-7-14-32(15-8-6-4-2)46-26-24-19-33(31(43)38-16-17-40)28(30(42)45-24)39(48-29(33)27(26)47-32)20-23-11-9-10-22(18-23)12-13-25(41)44-21-34(35,36)37/h9-13,18,24,26-29,40H,3-8,14-17,19-21H2,1-2H3,(H,38,43)/t24?,26-,27-,28-,29+,33?/m0/s1. The topological polar surface area (TPSA) is 133 Å². The van der Waals surface area contributed by atoms with E-state index >= 15 is 0 Å². The van der Waals surface area contributed by atoms with E-state index < -0.39 is 72.3 Å². The van der Waals surface area contributed by atoms with Gasteiger partial charge in [0, 0.05) is 31.9 Å². The summed E-state index contributed by atoms with van der Waals surface area (Å²) in [5.74, 6) is -3.12. The molecule has 14 heteroatoms. The van der Waals surface area contributed by atoms with Crippen LogP contribution in [0.5, 0.6) is 0 Å². The molecule has 1 aromatic carbocycles. The largest absolute Gasteiger partial charge is 0.458 e. The molecule has 3 saturated heterocycles. The summed E-state index contributed by atoms with van der Waals surface area (Å²) in [7, 11) is 0. The highest BCUT2D eigenvalue weighted by Gasteiger charge is 2.76. The first-order valence-corrected chi connectivity index (χ1v) is 16.8. The molecule has 48 heavy (non-hydrogen) atoms. The smallest absolute Gasteiger partial charge is 0.422 e. The number of carbonyl (C=O) groups excluding carboxylic acids is 3. The molecule has 11 nitrogen and oxygen atoms in total. The Labute approximate surface area is 278 Å². The molecule has 6 atom stereocenters. The second-order valence-electron chi connectivity index (χ2n) is 13.0. The highest BCUT2D eigenvalue weighted by molar-refractivity contribution is 5.93. The molecule has 2 bridgehead atoms. The van der Waals surface area contributed by atoms with Gasteiger partial charge in [0.1, 0.15) is 29.8 Å². The van der Waals surface area contributed by atoms with E-state index in [1.807, 2.05) is 0 Å². The van der Waals surface area contributed by atoms with E-state index in [0.29, 0.717) is 24.0 Å². The van der Waals surface area contributed by atoms with Crippen molar-refractivity contribution in [2.45, 2.75) is 121 Å². The average Bonchev–Trinajstić information content (AvgIpc) is 3.60. The number of esters is 2. The van der Waals surface area contributed by atoms with Crippen LogP contribution in [-0.4, -0.2) is 90.2 Å². The van der Waals surface area contributed by atoms with Crippen molar-refractivity contribution in [3.8, 4) is 0 Å². The number of halogens is 3. The lowest BCUT2D eigenvalue weighted by Crippen LogP contribution is -2.69. The first-order chi connectivity index (χ1) is 22.9. The fourth-order valence-electron chi connectivity index (χ4n) is 7.37. The van der Waals surface area contributed by atoms with Crippen LogP contribution >= 0.6 is 0 Å². The Morgan fingerprint density at radius 1 is 1.10 bits per heavy atom. The molecule has 4 aliphatic rings. The van der Waals surface area contributed by atoms with Crippen LogP contribution in [0.3, 0.4) is 0 Å². The van der Waals surface area contributed by atoms with E-state index in [-0.39, 0.29) is 26.1 Å². The lowest BCUT2D eigenvalue weighted by atomic mass is 9.62. The maximum absolute atomic E-state index is 14.0. The molecular weight excluding hydrogens is 637 g/mol. The number of carbonyl (C=O) groups is 3. The van der Waals surface area contributed by atoms with Crippen molar-refractivity contribution in [2.24, 2.45) is 5.41 Å². The molecular formula is C34H45F3N2O9. The number of ether oxygens (including phenoxy) is 4. The van der Waals surface area contributed by atoms with Gasteiger partial charge in [-0.15, -0.1) is 0 Å². The Morgan fingerprint density at radius 2 is 1.81 bits per heavy atom. The number of aliphatic hydroxyl groups is 1. The van der Waals surface area contributed by atoms with Gasteiger partial charge >= 0.3 is 18.1 Å². The van der Waals surface area contributed by atoms with E-state index in [2.05, 4.69) is 23.9 Å². The third kappa shape index (κ3) is 7.72. The van der Waals surface area contributed by atoms with E-state index in [1.165, 1.54) is 11.1 Å². The Hall–Kier alpha value is -3.04. The van der Waals surface area contributed by atoms with Crippen LogP contribution < -0.4 is 5.32 Å². The van der Waals surface area contributed by atoms with Crippen molar-refractivity contribution in [3.05, 3.63) is 41.5 Å². The molecule has 2 unspecified atom stereocenters. The summed E-state index contributed by atoms with van der Waals surface area (Å²) in [6.45, 7) is 2.29. The number of benzene rings is 1. The minimum Gasteiger partial charge on any atom is -0.458 e. The maximum Gasteiger partial charge on any atom is 0.422 e. The summed E-state index contributed by atoms with van der Waals surface area (Å²) in [5.41, 5.74) is -0.261. The van der Waals surface area contributed by atoms with E-state index in [9.17, 15) is 32.7 Å². The zero-order chi connectivity index (χ0) is 34.5. The van der Waals surface area contributed by atoms with Crippen molar-refractivity contribution >= 4 is 23.9 Å². The molecule has 1 aromatic rings. The van der Waals surface area contributed by atoms with Crippen molar-refractivity contribution < 1.29 is 56.4 Å². The van der Waals surface area contributed by atoms with Gasteiger partial charge in [-0.25, -0.2) is 4.79 Å². The number of nitrogens with zero attached hydrogens (tertiary/aromatic N) is 1. The second kappa shape index (κ2) is 15.2. The number of amides is 1. The average molecular weight is 683 g/mol. The number of nitrogens with one attached hydrogen (secondary N) is 1. The van der Waals surface area contributed by atoms with Gasteiger partial charge in [0.2, 0.25) is 5.91 Å². The third-order valence-corrected chi connectivity index (χ3v) is 9.47. The van der Waals surface area contributed by atoms with Crippen LogP contribution in [-0.2, 0) is 44.7 Å². The van der Waals surface area contributed by atoms with Crippen LogP contribution in [0.2, 0.25) is 0 Å². The maximum atomic E-state index is 14.0. The summed E-state index contributed by atoms with van der Waals surface area (Å²) in [5, 5.41) is 13.7. The Balaban J connectivity index is 1.42. The number of hydrogen-bond acceptors (Lipinski definition) is 10. The second-order valence-corrected chi connectivity index (χ2v) is 13.0. The predicted octanol–water partition coefficient (Wildman–Crippen LogP) is 4.35. The normalized spacial score (nSPS) is 29.1. The molecule has 266 valence electrons. The third-order valence-electron chi connectivity index (χ3n) is 9.47. The zero-order valence-electron chi connectivity index (χ0n) is 27.3. The minimum absolute atomic E-state index is 0.0110. The van der Waals surface area contributed by atoms with Gasteiger partial charge < -0.3 is 29.4 Å². The molecule has 1 saturated carbocycles. The highest BCUT2D eigenvalue weighted by atomic mass is 19.4. The number of hydroxylamine groups is 2. The lowest BCUT2D eigenvalue weighted by Gasteiger charge is -2.48. The monoisotopic (exact) mass is 682 g/mol. The van der Waals surface area contributed by atoms with Crippen LogP contribution in [0.4, 0.5) is 13.2 Å². The summed E-state index contributed by atoms with van der Waals surface area (Å²) in [6.07, 6.45) is 1.92. The molecule has 2 N–H and O–H groups in total. The van der Waals surface area contributed by atoms with Crippen molar-refractivity contribution in [1.82, 2.24) is 10.4 Å². The molecule has 0 spiro atoms. The van der Waals surface area contributed by atoms with Crippen LogP contribution in [0.1, 0.15) is 82.8 Å². The van der Waals surface area contributed by atoms with Crippen molar-refractivity contribution in [3.63, 3.8) is 0 Å². The van der Waals surface area contributed by atoms with Gasteiger partial charge in [-0.05, 0) is 30.0 Å². The van der Waals surface area contributed by atoms with E-state index in [1.54, 1.807) is 24.3 Å². The van der Waals surface area contributed by atoms with Gasteiger partial charge in [0.15, 0.2) is 18.4 Å². The number of hydrogen-bond donors (Lipinski definition) is 2. The number of rotatable bonds is 16. The van der Waals surface area contributed by atoms with Gasteiger partial charge in [-0.1, -0.05) is 63.8 Å². The molecule has 0 radical (unpaired) electrons. The van der Waals surface area contributed by atoms with Gasteiger partial charge in [0.05, 0.1) is 13.2 Å². The summed E-state index contributed by atoms with van der Waals surface area (Å²) < 4.78 is 60.9. The molecule has 4 fully saturated rings. The summed E-state index contributed by atoms with van der Waals surface area (Å²) in [4.78, 5) is 46.1. The number of alkyl halides is 3. The number of unbranched alkanes of at least 4 members (excludes halogenated alkanes) is 4. The SMILES string of the molecule is CCCCCC1(CCCCC)O[C@@H]2[C@H]3ON(Cc4cccc(C=CC(=O)OCC(F)(F)F)c4)[C@H]4C(=O)OC(CC34C(=O)NCCO)[C@@H]2O1. The summed E-state index contributed by atoms with van der Waals surface area (Å²) >= 11 is 0. The van der Waals surface area contributed by atoms with Crippen LogP contribution in [0, 0.1) is 5.41 Å². The Kier molecular flexibility index (Phi) is 11.5. The Morgan fingerprint density at radius 3 is 2.48 bits per heavy atom. The zero-order valence-corrected chi connectivity index (χ0v) is 27.3. The molecule has 3 heterocycles. The fraction of sp³-hybridized carbons (Fsp3) is 0.676. The van der Waals surface area contributed by atoms with E-state index in [4.69, 9.17) is 19.0 Å². The molecule has 3 aliphatic heterocycles. The minimum atomic E-state index is -4.63. The highest BCUT2D eigenvalue weighted by Crippen LogP contribution is 2.58. The quantitative estimate of drug-likeness (QED) is 0.147. The van der Waals surface area contributed by atoms with Gasteiger partial charge in [-0.3, -0.25) is 14.4 Å². The van der Waals surface area contributed by atoms with Crippen molar-refractivity contribution in [2.75, 3.05) is 19.8 Å². The number of fused-ring (bicyclic) bond motifs is 4. The first kappa shape index (κ1) is 36.2. The van der Waals surface area contributed by atoms with Crippen molar-refractivity contribution in [1.29, 1.82) is 0 Å². The summed E-state index contributed by atoms with van der Waals surface area (Å²) in [6, 6.07) is 5.64. The molecule has 5 rings (SSSR count). The van der Waals surface area contributed by atoms with Crippen LogP contribution in [0.15, 0.2) is 30.3 Å². The predicted molar refractivity (Wildman–Crippen MR) is 164 cm³/mol.